The number of aromatic nitrogens is 2. The van der Waals surface area contributed by atoms with E-state index in [1.165, 1.54) is 5.56 Å². The Morgan fingerprint density at radius 1 is 1.30 bits per heavy atom. The number of carbonyl (C=O) groups is 1. The van der Waals surface area contributed by atoms with Crippen LogP contribution in [0.15, 0.2) is 24.5 Å². The van der Waals surface area contributed by atoms with E-state index < -0.39 is 0 Å². The Kier molecular flexibility index (Phi) is 3.30. The lowest BCUT2D eigenvalue weighted by Crippen LogP contribution is -2.07. The molecule has 0 N–H and O–H groups in total. The molecule has 0 unspecified atom stereocenters. The van der Waals surface area contributed by atoms with Crippen molar-refractivity contribution in [3.63, 3.8) is 0 Å². The normalized spacial score (nSPS) is 14.2. The van der Waals surface area contributed by atoms with Crippen LogP contribution < -0.4 is 4.74 Å². The predicted octanol–water partition coefficient (Wildman–Crippen LogP) is 2.77. The van der Waals surface area contributed by atoms with E-state index in [0.717, 1.165) is 35.5 Å². The third kappa shape index (κ3) is 2.46. The van der Waals surface area contributed by atoms with Gasteiger partial charge < -0.3 is 9.30 Å². The summed E-state index contributed by atoms with van der Waals surface area (Å²) >= 11 is 0. The van der Waals surface area contributed by atoms with Gasteiger partial charge in [-0.05, 0) is 25.3 Å². The standard InChI is InChI=1S/C16H18N2O2/c1-11-6-14(20-2)7-13(17-11)9-18-8-12-4-3-5-16(19)15(12)10-18/h6-8,10H,3-5,9H2,1-2H3. The number of hydrogen-bond donors (Lipinski definition) is 0. The third-order valence-electron chi connectivity index (χ3n) is 3.67. The van der Waals surface area contributed by atoms with Crippen LogP contribution in [-0.2, 0) is 13.0 Å². The van der Waals surface area contributed by atoms with Crippen molar-refractivity contribution >= 4 is 5.78 Å². The van der Waals surface area contributed by atoms with Gasteiger partial charge in [0, 0.05) is 42.2 Å². The molecule has 20 heavy (non-hydrogen) atoms. The fourth-order valence-electron chi connectivity index (χ4n) is 2.76. The minimum atomic E-state index is 0.264. The molecule has 2 aromatic heterocycles. The van der Waals surface area contributed by atoms with Crippen molar-refractivity contribution in [3.05, 3.63) is 47.0 Å². The first-order valence-electron chi connectivity index (χ1n) is 6.89. The topological polar surface area (TPSA) is 44.1 Å². The van der Waals surface area contributed by atoms with Gasteiger partial charge >= 0.3 is 0 Å². The summed E-state index contributed by atoms with van der Waals surface area (Å²) < 4.78 is 7.32. The lowest BCUT2D eigenvalue weighted by atomic mass is 9.95. The maximum atomic E-state index is 11.9. The SMILES string of the molecule is COc1cc(C)nc(Cn2cc3c(c2)C(=O)CCC3)c1. The van der Waals surface area contributed by atoms with Crippen molar-refractivity contribution in [1.29, 1.82) is 0 Å². The molecule has 2 heterocycles. The minimum Gasteiger partial charge on any atom is -0.497 e. The molecule has 2 aromatic rings. The number of rotatable bonds is 3. The van der Waals surface area contributed by atoms with Gasteiger partial charge in [-0.15, -0.1) is 0 Å². The van der Waals surface area contributed by atoms with Gasteiger partial charge in [0.1, 0.15) is 5.75 Å². The van der Waals surface area contributed by atoms with Crippen molar-refractivity contribution in [1.82, 2.24) is 9.55 Å². The van der Waals surface area contributed by atoms with Crippen LogP contribution >= 0.6 is 0 Å². The second kappa shape index (κ2) is 5.12. The number of carbonyl (C=O) groups excluding carboxylic acids is 1. The monoisotopic (exact) mass is 270 g/mol. The largest absolute Gasteiger partial charge is 0.497 e. The van der Waals surface area contributed by atoms with E-state index in [4.69, 9.17) is 4.74 Å². The predicted molar refractivity (Wildman–Crippen MR) is 76.3 cm³/mol. The van der Waals surface area contributed by atoms with Crippen LogP contribution in [0.2, 0.25) is 0 Å². The molecule has 0 radical (unpaired) electrons. The molecule has 0 aliphatic heterocycles. The summed E-state index contributed by atoms with van der Waals surface area (Å²) in [4.78, 5) is 16.4. The highest BCUT2D eigenvalue weighted by Gasteiger charge is 2.19. The van der Waals surface area contributed by atoms with Crippen molar-refractivity contribution in [2.45, 2.75) is 32.7 Å². The van der Waals surface area contributed by atoms with Gasteiger partial charge in [-0.3, -0.25) is 9.78 Å². The average molecular weight is 270 g/mol. The first-order valence-corrected chi connectivity index (χ1v) is 6.89. The summed E-state index contributed by atoms with van der Waals surface area (Å²) in [6.45, 7) is 2.62. The van der Waals surface area contributed by atoms with Gasteiger partial charge in [-0.2, -0.15) is 0 Å². The molecule has 0 saturated heterocycles. The number of methoxy groups -OCH3 is 1. The molecule has 0 aromatic carbocycles. The quantitative estimate of drug-likeness (QED) is 0.861. The Hall–Kier alpha value is -2.10. The number of pyridine rings is 1. The molecule has 0 atom stereocenters. The first kappa shape index (κ1) is 12.9. The molecule has 0 amide bonds. The molecule has 0 fully saturated rings. The third-order valence-corrected chi connectivity index (χ3v) is 3.67. The molecule has 0 saturated carbocycles. The van der Waals surface area contributed by atoms with E-state index in [2.05, 4.69) is 15.7 Å². The lowest BCUT2D eigenvalue weighted by molar-refractivity contribution is 0.0973. The van der Waals surface area contributed by atoms with E-state index in [-0.39, 0.29) is 5.78 Å². The Balaban J connectivity index is 1.88. The van der Waals surface area contributed by atoms with Gasteiger partial charge in [-0.25, -0.2) is 0 Å². The molecule has 1 aliphatic rings. The fraction of sp³-hybridized carbons (Fsp3) is 0.375. The van der Waals surface area contributed by atoms with Crippen LogP contribution in [0.5, 0.6) is 5.75 Å². The highest BCUT2D eigenvalue weighted by Crippen LogP contribution is 2.23. The van der Waals surface area contributed by atoms with Crippen LogP contribution in [-0.4, -0.2) is 22.4 Å². The Morgan fingerprint density at radius 2 is 2.15 bits per heavy atom. The van der Waals surface area contributed by atoms with Gasteiger partial charge in [0.15, 0.2) is 5.78 Å². The van der Waals surface area contributed by atoms with Crippen molar-refractivity contribution in [3.8, 4) is 5.75 Å². The zero-order chi connectivity index (χ0) is 14.1. The number of Topliss-reactive ketones (excluding diaryl/α,β-unsaturated/α-hetero) is 1. The van der Waals surface area contributed by atoms with Crippen LogP contribution in [0.25, 0.3) is 0 Å². The smallest absolute Gasteiger partial charge is 0.164 e. The van der Waals surface area contributed by atoms with Gasteiger partial charge in [0.2, 0.25) is 0 Å². The molecule has 0 spiro atoms. The van der Waals surface area contributed by atoms with Crippen molar-refractivity contribution in [2.75, 3.05) is 7.11 Å². The van der Waals surface area contributed by atoms with Gasteiger partial charge in [0.05, 0.1) is 19.3 Å². The zero-order valence-corrected chi connectivity index (χ0v) is 11.8. The highest BCUT2D eigenvalue weighted by molar-refractivity contribution is 5.98. The summed E-state index contributed by atoms with van der Waals surface area (Å²) in [5.41, 5.74) is 3.94. The molecule has 4 heteroatoms. The summed E-state index contributed by atoms with van der Waals surface area (Å²) in [6, 6.07) is 3.85. The Morgan fingerprint density at radius 3 is 2.90 bits per heavy atom. The number of aryl methyl sites for hydroxylation is 2. The fourth-order valence-corrected chi connectivity index (χ4v) is 2.76. The van der Waals surface area contributed by atoms with Crippen molar-refractivity contribution < 1.29 is 9.53 Å². The van der Waals surface area contributed by atoms with E-state index in [0.29, 0.717) is 13.0 Å². The van der Waals surface area contributed by atoms with E-state index in [1.54, 1.807) is 7.11 Å². The van der Waals surface area contributed by atoms with Gasteiger partial charge in [0.25, 0.3) is 0 Å². The molecular formula is C16H18N2O2. The second-order valence-corrected chi connectivity index (χ2v) is 5.29. The molecule has 1 aliphatic carbocycles. The lowest BCUT2D eigenvalue weighted by Gasteiger charge is -2.07. The van der Waals surface area contributed by atoms with E-state index in [1.807, 2.05) is 25.3 Å². The van der Waals surface area contributed by atoms with E-state index >= 15 is 0 Å². The molecule has 3 rings (SSSR count). The Bertz CT molecular complexity index is 658. The van der Waals surface area contributed by atoms with Crippen LogP contribution in [0, 0.1) is 6.92 Å². The average Bonchev–Trinajstić information content (AvgIpc) is 2.82. The summed E-state index contributed by atoms with van der Waals surface area (Å²) in [5.74, 6) is 1.08. The van der Waals surface area contributed by atoms with Crippen LogP contribution in [0.3, 0.4) is 0 Å². The maximum Gasteiger partial charge on any atom is 0.164 e. The van der Waals surface area contributed by atoms with Crippen molar-refractivity contribution in [2.24, 2.45) is 0 Å². The highest BCUT2D eigenvalue weighted by atomic mass is 16.5. The van der Waals surface area contributed by atoms with E-state index in [9.17, 15) is 4.79 Å². The second-order valence-electron chi connectivity index (χ2n) is 5.29. The molecule has 0 bridgehead atoms. The molecular weight excluding hydrogens is 252 g/mol. The number of ketones is 1. The number of nitrogens with zero attached hydrogens (tertiary/aromatic N) is 2. The number of ether oxygens (including phenoxy) is 1. The Labute approximate surface area is 118 Å². The zero-order valence-electron chi connectivity index (χ0n) is 11.8. The summed E-state index contributed by atoms with van der Waals surface area (Å²) in [7, 11) is 1.66. The minimum absolute atomic E-state index is 0.264. The molecule has 4 nitrogen and oxygen atoms in total. The van der Waals surface area contributed by atoms with Crippen LogP contribution in [0.1, 0.15) is 40.2 Å². The van der Waals surface area contributed by atoms with Gasteiger partial charge in [-0.1, -0.05) is 0 Å². The number of hydrogen-bond acceptors (Lipinski definition) is 3. The summed E-state index contributed by atoms with van der Waals surface area (Å²) in [5, 5.41) is 0. The van der Waals surface area contributed by atoms with Crippen LogP contribution in [0.4, 0.5) is 0 Å². The summed E-state index contributed by atoms with van der Waals surface area (Å²) in [6.07, 6.45) is 6.66. The number of fused-ring (bicyclic) bond motifs is 1. The molecule has 104 valence electrons. The first-order chi connectivity index (χ1) is 9.65. The maximum absolute atomic E-state index is 11.9.